The summed E-state index contributed by atoms with van der Waals surface area (Å²) in [5.74, 6) is 0.102. The number of rotatable bonds is 5. The maximum atomic E-state index is 11.3. The van der Waals surface area contributed by atoms with E-state index in [0.29, 0.717) is 11.3 Å². The predicted octanol–water partition coefficient (Wildman–Crippen LogP) is 0.280. The first-order valence-electron chi connectivity index (χ1n) is 5.73. The van der Waals surface area contributed by atoms with E-state index in [1.165, 1.54) is 6.07 Å². The van der Waals surface area contributed by atoms with E-state index in [1.807, 2.05) is 0 Å². The summed E-state index contributed by atoms with van der Waals surface area (Å²) in [7, 11) is 0. The molecule has 0 aliphatic rings. The van der Waals surface area contributed by atoms with Gasteiger partial charge in [0.1, 0.15) is 11.3 Å². The number of benzene rings is 1. The normalized spacial score (nSPS) is 10.4. The van der Waals surface area contributed by atoms with Gasteiger partial charge in [0.15, 0.2) is 6.61 Å². The Morgan fingerprint density at radius 3 is 2.89 bits per heavy atom. The molecule has 100 valence electrons. The van der Waals surface area contributed by atoms with Crippen molar-refractivity contribution in [1.29, 1.82) is 0 Å². The summed E-state index contributed by atoms with van der Waals surface area (Å²) < 4.78 is 10.3. The van der Waals surface area contributed by atoms with Gasteiger partial charge in [-0.2, -0.15) is 0 Å². The Hall–Kier alpha value is -2.34. The van der Waals surface area contributed by atoms with Crippen LogP contribution >= 0.6 is 0 Å². The summed E-state index contributed by atoms with van der Waals surface area (Å²) in [6.07, 6.45) is 0. The lowest BCUT2D eigenvalue weighted by Crippen LogP contribution is -2.31. The minimum absolute atomic E-state index is 0.118. The van der Waals surface area contributed by atoms with E-state index in [-0.39, 0.29) is 25.7 Å². The number of aliphatic hydroxyl groups excluding tert-OH is 1. The molecule has 6 nitrogen and oxygen atoms in total. The lowest BCUT2D eigenvalue weighted by atomic mass is 10.2. The molecule has 0 atom stereocenters. The molecule has 6 heteroatoms. The molecule has 2 rings (SSSR count). The summed E-state index contributed by atoms with van der Waals surface area (Å²) in [4.78, 5) is 22.4. The quantitative estimate of drug-likeness (QED) is 0.756. The van der Waals surface area contributed by atoms with Crippen molar-refractivity contribution in [2.45, 2.75) is 0 Å². The smallest absolute Gasteiger partial charge is 0.336 e. The number of aliphatic hydroxyl groups is 1. The topological polar surface area (TPSA) is 88.8 Å². The van der Waals surface area contributed by atoms with E-state index in [2.05, 4.69) is 5.32 Å². The Morgan fingerprint density at radius 2 is 2.11 bits per heavy atom. The van der Waals surface area contributed by atoms with E-state index in [9.17, 15) is 9.59 Å². The zero-order valence-electron chi connectivity index (χ0n) is 10.1. The van der Waals surface area contributed by atoms with Crippen LogP contribution in [-0.4, -0.2) is 30.8 Å². The third kappa shape index (κ3) is 3.56. The lowest BCUT2D eigenvalue weighted by molar-refractivity contribution is -0.123. The van der Waals surface area contributed by atoms with Crippen LogP contribution in [0.4, 0.5) is 0 Å². The second kappa shape index (κ2) is 6.01. The van der Waals surface area contributed by atoms with Gasteiger partial charge in [-0.15, -0.1) is 0 Å². The van der Waals surface area contributed by atoms with Crippen LogP contribution in [0.25, 0.3) is 11.0 Å². The SMILES string of the molecule is O=C(COc1ccc2ccc(=O)oc2c1)NCCO. The molecule has 19 heavy (non-hydrogen) atoms. The Balaban J connectivity index is 2.05. The van der Waals surface area contributed by atoms with E-state index in [4.69, 9.17) is 14.3 Å². The second-order valence-electron chi connectivity index (χ2n) is 3.82. The number of carbonyl (C=O) groups excluding carboxylic acids is 1. The van der Waals surface area contributed by atoms with Gasteiger partial charge in [-0.25, -0.2) is 4.79 Å². The van der Waals surface area contributed by atoms with Gasteiger partial charge < -0.3 is 19.6 Å². The summed E-state index contributed by atoms with van der Waals surface area (Å²) in [6.45, 7) is -0.0930. The average molecular weight is 263 g/mol. The maximum absolute atomic E-state index is 11.3. The highest BCUT2D eigenvalue weighted by molar-refractivity contribution is 5.79. The van der Waals surface area contributed by atoms with Gasteiger partial charge in [0.05, 0.1) is 6.61 Å². The molecule has 0 saturated heterocycles. The number of carbonyl (C=O) groups is 1. The van der Waals surface area contributed by atoms with Gasteiger partial charge in [-0.1, -0.05) is 0 Å². The van der Waals surface area contributed by atoms with Crippen LogP contribution in [-0.2, 0) is 4.79 Å². The number of ether oxygens (including phenoxy) is 1. The summed E-state index contributed by atoms with van der Waals surface area (Å²) >= 11 is 0. The first-order chi connectivity index (χ1) is 9.19. The van der Waals surface area contributed by atoms with Gasteiger partial charge in [0, 0.05) is 24.1 Å². The molecular weight excluding hydrogens is 250 g/mol. The van der Waals surface area contributed by atoms with Crippen molar-refractivity contribution in [2.24, 2.45) is 0 Å². The fourth-order valence-corrected chi connectivity index (χ4v) is 1.53. The highest BCUT2D eigenvalue weighted by Crippen LogP contribution is 2.19. The summed E-state index contributed by atoms with van der Waals surface area (Å²) in [5.41, 5.74) is -0.0360. The van der Waals surface area contributed by atoms with Crippen molar-refractivity contribution < 1.29 is 19.1 Å². The minimum atomic E-state index is -0.440. The van der Waals surface area contributed by atoms with Gasteiger partial charge >= 0.3 is 5.63 Å². The Kier molecular flexibility index (Phi) is 4.15. The largest absolute Gasteiger partial charge is 0.484 e. The van der Waals surface area contributed by atoms with E-state index >= 15 is 0 Å². The van der Waals surface area contributed by atoms with Crippen LogP contribution in [0.3, 0.4) is 0 Å². The fraction of sp³-hybridized carbons (Fsp3) is 0.231. The van der Waals surface area contributed by atoms with Crippen LogP contribution in [0, 0.1) is 0 Å². The summed E-state index contributed by atoms with van der Waals surface area (Å²) in [6, 6.07) is 7.96. The van der Waals surface area contributed by atoms with Crippen LogP contribution in [0.2, 0.25) is 0 Å². The Morgan fingerprint density at radius 1 is 1.32 bits per heavy atom. The Labute approximate surface area is 108 Å². The molecule has 2 N–H and O–H groups in total. The molecule has 1 heterocycles. The number of amides is 1. The van der Waals surface area contributed by atoms with Crippen molar-refractivity contribution >= 4 is 16.9 Å². The van der Waals surface area contributed by atoms with Gasteiger partial charge in [0.25, 0.3) is 5.91 Å². The first kappa shape index (κ1) is 13.1. The zero-order chi connectivity index (χ0) is 13.7. The van der Waals surface area contributed by atoms with Gasteiger partial charge in [0.2, 0.25) is 0 Å². The van der Waals surface area contributed by atoms with Gasteiger partial charge in [-0.05, 0) is 18.2 Å². The molecule has 0 aliphatic heterocycles. The molecule has 1 amide bonds. The standard InChI is InChI=1S/C13H13NO5/c15-6-5-14-12(16)8-18-10-3-1-9-2-4-13(17)19-11(9)7-10/h1-4,7,15H,5-6,8H2,(H,14,16). The van der Waals surface area contributed by atoms with E-state index < -0.39 is 5.63 Å². The molecule has 0 bridgehead atoms. The van der Waals surface area contributed by atoms with E-state index in [0.717, 1.165) is 5.39 Å². The third-order valence-corrected chi connectivity index (χ3v) is 2.40. The molecule has 0 radical (unpaired) electrons. The molecule has 0 aliphatic carbocycles. The monoisotopic (exact) mass is 263 g/mol. The molecule has 1 aromatic carbocycles. The predicted molar refractivity (Wildman–Crippen MR) is 68.1 cm³/mol. The number of nitrogens with one attached hydrogen (secondary N) is 1. The van der Waals surface area contributed by atoms with E-state index in [1.54, 1.807) is 24.3 Å². The van der Waals surface area contributed by atoms with Crippen LogP contribution in [0.1, 0.15) is 0 Å². The summed E-state index contributed by atoms with van der Waals surface area (Å²) in [5, 5.41) is 11.8. The van der Waals surface area contributed by atoms with Gasteiger partial charge in [-0.3, -0.25) is 4.79 Å². The highest BCUT2D eigenvalue weighted by atomic mass is 16.5. The van der Waals surface area contributed by atoms with Crippen LogP contribution in [0.15, 0.2) is 39.5 Å². The van der Waals surface area contributed by atoms with Crippen molar-refractivity contribution in [1.82, 2.24) is 5.32 Å². The minimum Gasteiger partial charge on any atom is -0.484 e. The maximum Gasteiger partial charge on any atom is 0.336 e. The molecule has 2 aromatic rings. The average Bonchev–Trinajstić information content (AvgIpc) is 2.42. The number of hydrogen-bond acceptors (Lipinski definition) is 5. The number of hydrogen-bond donors (Lipinski definition) is 2. The number of fused-ring (bicyclic) bond motifs is 1. The van der Waals surface area contributed by atoms with Crippen molar-refractivity contribution in [2.75, 3.05) is 19.8 Å². The lowest BCUT2D eigenvalue weighted by Gasteiger charge is -2.06. The van der Waals surface area contributed by atoms with Crippen LogP contribution in [0.5, 0.6) is 5.75 Å². The van der Waals surface area contributed by atoms with Crippen LogP contribution < -0.4 is 15.7 Å². The zero-order valence-corrected chi connectivity index (χ0v) is 10.1. The van der Waals surface area contributed by atoms with Crippen molar-refractivity contribution in [3.63, 3.8) is 0 Å². The second-order valence-corrected chi connectivity index (χ2v) is 3.82. The molecule has 0 unspecified atom stereocenters. The molecule has 0 fully saturated rings. The van der Waals surface area contributed by atoms with Crippen molar-refractivity contribution in [3.05, 3.63) is 40.8 Å². The van der Waals surface area contributed by atoms with Crippen molar-refractivity contribution in [3.8, 4) is 5.75 Å². The first-order valence-corrected chi connectivity index (χ1v) is 5.73. The third-order valence-electron chi connectivity index (χ3n) is 2.40. The molecule has 0 saturated carbocycles. The fourth-order valence-electron chi connectivity index (χ4n) is 1.53. The molecular formula is C13H13NO5. The Bertz CT molecular complexity index is 634. The molecule has 0 spiro atoms. The molecule has 1 aromatic heterocycles. The highest BCUT2D eigenvalue weighted by Gasteiger charge is 2.04.